The van der Waals surface area contributed by atoms with Crippen molar-refractivity contribution in [3.63, 3.8) is 0 Å². The van der Waals surface area contributed by atoms with Crippen LogP contribution >= 0.6 is 0 Å². The van der Waals surface area contributed by atoms with Gasteiger partial charge in [-0.1, -0.05) is 30.3 Å². The molecule has 0 aromatic heterocycles. The quantitative estimate of drug-likeness (QED) is 0.771. The molecule has 0 aliphatic heterocycles. The molecule has 0 bridgehead atoms. The van der Waals surface area contributed by atoms with Crippen molar-refractivity contribution in [1.29, 1.82) is 0 Å². The van der Waals surface area contributed by atoms with E-state index < -0.39 is 0 Å². The molecular weight excluding hydrogens is 240 g/mol. The molecule has 0 radical (unpaired) electrons. The summed E-state index contributed by atoms with van der Waals surface area (Å²) < 4.78 is 10.4. The van der Waals surface area contributed by atoms with E-state index in [4.69, 9.17) is 9.47 Å². The molecule has 0 amide bonds. The summed E-state index contributed by atoms with van der Waals surface area (Å²) in [6.45, 7) is 2.57. The van der Waals surface area contributed by atoms with Crippen molar-refractivity contribution in [3.8, 4) is 5.75 Å². The number of rotatable bonds is 5. The van der Waals surface area contributed by atoms with Gasteiger partial charge in [-0.05, 0) is 30.2 Å². The van der Waals surface area contributed by atoms with Gasteiger partial charge in [-0.3, -0.25) is 4.79 Å². The Balaban J connectivity index is 2.40. The molecule has 0 atom stereocenters. The van der Waals surface area contributed by atoms with E-state index in [-0.39, 0.29) is 5.97 Å². The van der Waals surface area contributed by atoms with E-state index in [2.05, 4.69) is 12.1 Å². The van der Waals surface area contributed by atoms with Gasteiger partial charge in [0.15, 0.2) is 0 Å². The summed E-state index contributed by atoms with van der Waals surface area (Å²) in [7, 11) is 1.41. The highest BCUT2D eigenvalue weighted by molar-refractivity contribution is 5.88. The summed E-state index contributed by atoms with van der Waals surface area (Å²) in [5.74, 6) is 0.653. The second-order valence-electron chi connectivity index (χ2n) is 4.27. The van der Waals surface area contributed by atoms with Crippen LogP contribution in [0.2, 0.25) is 0 Å². The minimum atomic E-state index is -0.199. The third kappa shape index (κ3) is 3.05. The highest BCUT2D eigenvalue weighted by Gasteiger charge is 2.10. The number of benzene rings is 2. The smallest absolute Gasteiger partial charge is 0.305 e. The Hall–Kier alpha value is -2.03. The highest BCUT2D eigenvalue weighted by Crippen LogP contribution is 2.29. The number of fused-ring (bicyclic) bond motifs is 1. The SMILES string of the molecule is CCOc1ccc2ccccc2c1CCC(=O)OC. The van der Waals surface area contributed by atoms with Crippen molar-refractivity contribution in [2.75, 3.05) is 13.7 Å². The first-order valence-electron chi connectivity index (χ1n) is 6.46. The van der Waals surface area contributed by atoms with Crippen LogP contribution in [0, 0.1) is 0 Å². The summed E-state index contributed by atoms with van der Waals surface area (Å²) in [5, 5.41) is 2.29. The molecule has 0 fully saturated rings. The molecule has 0 aliphatic carbocycles. The van der Waals surface area contributed by atoms with Crippen molar-refractivity contribution < 1.29 is 14.3 Å². The van der Waals surface area contributed by atoms with Crippen LogP contribution in [0.3, 0.4) is 0 Å². The van der Waals surface area contributed by atoms with E-state index in [1.807, 2.05) is 31.2 Å². The number of carbonyl (C=O) groups is 1. The minimum absolute atomic E-state index is 0.199. The Morgan fingerprint density at radius 1 is 1.16 bits per heavy atom. The zero-order valence-corrected chi connectivity index (χ0v) is 11.3. The lowest BCUT2D eigenvalue weighted by Crippen LogP contribution is -2.04. The first-order chi connectivity index (χ1) is 9.26. The molecule has 0 unspecified atom stereocenters. The standard InChI is InChI=1S/C16H18O3/c1-3-19-15-10-8-12-6-4-5-7-13(12)14(15)9-11-16(17)18-2/h4-8,10H,3,9,11H2,1-2H3. The van der Waals surface area contributed by atoms with Crippen LogP contribution in [-0.2, 0) is 16.0 Å². The molecule has 19 heavy (non-hydrogen) atoms. The van der Waals surface area contributed by atoms with Gasteiger partial charge in [0.2, 0.25) is 0 Å². The number of hydrogen-bond donors (Lipinski definition) is 0. The number of hydrogen-bond acceptors (Lipinski definition) is 3. The number of methoxy groups -OCH3 is 1. The first-order valence-corrected chi connectivity index (χ1v) is 6.46. The van der Waals surface area contributed by atoms with Crippen molar-refractivity contribution in [2.45, 2.75) is 19.8 Å². The van der Waals surface area contributed by atoms with Crippen LogP contribution in [0.5, 0.6) is 5.75 Å². The molecule has 2 aromatic rings. The third-order valence-corrected chi connectivity index (χ3v) is 3.10. The summed E-state index contributed by atoms with van der Waals surface area (Å²) in [4.78, 5) is 11.3. The van der Waals surface area contributed by atoms with Crippen molar-refractivity contribution in [1.82, 2.24) is 0 Å². The summed E-state index contributed by atoms with van der Waals surface area (Å²) in [6, 6.07) is 12.1. The molecule has 0 aliphatic rings. The molecule has 0 saturated carbocycles. The van der Waals surface area contributed by atoms with Gasteiger partial charge >= 0.3 is 5.97 Å². The van der Waals surface area contributed by atoms with E-state index in [9.17, 15) is 4.79 Å². The molecular formula is C16H18O3. The van der Waals surface area contributed by atoms with E-state index in [0.29, 0.717) is 19.4 Å². The van der Waals surface area contributed by atoms with Crippen LogP contribution in [0.15, 0.2) is 36.4 Å². The largest absolute Gasteiger partial charge is 0.494 e. The number of aryl methyl sites for hydroxylation is 1. The van der Waals surface area contributed by atoms with Gasteiger partial charge < -0.3 is 9.47 Å². The lowest BCUT2D eigenvalue weighted by atomic mass is 10.00. The third-order valence-electron chi connectivity index (χ3n) is 3.10. The summed E-state index contributed by atoms with van der Waals surface area (Å²) >= 11 is 0. The van der Waals surface area contributed by atoms with Crippen LogP contribution < -0.4 is 4.74 Å². The molecule has 2 rings (SSSR count). The van der Waals surface area contributed by atoms with Gasteiger partial charge in [-0.2, -0.15) is 0 Å². The van der Waals surface area contributed by atoms with Gasteiger partial charge in [0, 0.05) is 12.0 Å². The van der Waals surface area contributed by atoms with Gasteiger partial charge in [-0.25, -0.2) is 0 Å². The zero-order valence-electron chi connectivity index (χ0n) is 11.3. The van der Waals surface area contributed by atoms with E-state index in [1.54, 1.807) is 0 Å². The number of ether oxygens (including phenoxy) is 2. The maximum Gasteiger partial charge on any atom is 0.305 e. The highest BCUT2D eigenvalue weighted by atomic mass is 16.5. The lowest BCUT2D eigenvalue weighted by Gasteiger charge is -2.13. The fourth-order valence-electron chi connectivity index (χ4n) is 2.19. The fourth-order valence-corrected chi connectivity index (χ4v) is 2.19. The summed E-state index contributed by atoms with van der Waals surface area (Å²) in [6.07, 6.45) is 0.994. The molecule has 3 nitrogen and oxygen atoms in total. The summed E-state index contributed by atoms with van der Waals surface area (Å²) in [5.41, 5.74) is 1.07. The van der Waals surface area contributed by atoms with Crippen molar-refractivity contribution in [2.24, 2.45) is 0 Å². The van der Waals surface area contributed by atoms with Gasteiger partial charge in [0.25, 0.3) is 0 Å². The first kappa shape index (κ1) is 13.4. The van der Waals surface area contributed by atoms with E-state index >= 15 is 0 Å². The van der Waals surface area contributed by atoms with E-state index in [1.165, 1.54) is 7.11 Å². The number of carbonyl (C=O) groups excluding carboxylic acids is 1. The van der Waals surface area contributed by atoms with Crippen molar-refractivity contribution >= 4 is 16.7 Å². The monoisotopic (exact) mass is 258 g/mol. The van der Waals surface area contributed by atoms with Crippen LogP contribution in [0.1, 0.15) is 18.9 Å². The van der Waals surface area contributed by atoms with Crippen LogP contribution in [-0.4, -0.2) is 19.7 Å². The Morgan fingerprint density at radius 3 is 2.68 bits per heavy atom. The van der Waals surface area contributed by atoms with E-state index in [0.717, 1.165) is 22.1 Å². The topological polar surface area (TPSA) is 35.5 Å². The normalized spacial score (nSPS) is 10.4. The van der Waals surface area contributed by atoms with Gasteiger partial charge in [0.05, 0.1) is 13.7 Å². The maximum absolute atomic E-state index is 11.3. The molecule has 0 heterocycles. The zero-order chi connectivity index (χ0) is 13.7. The Labute approximate surface area is 113 Å². The molecule has 0 spiro atoms. The van der Waals surface area contributed by atoms with Gasteiger partial charge in [-0.15, -0.1) is 0 Å². The maximum atomic E-state index is 11.3. The molecule has 100 valence electrons. The van der Waals surface area contributed by atoms with Crippen molar-refractivity contribution in [3.05, 3.63) is 42.0 Å². The second-order valence-corrected chi connectivity index (χ2v) is 4.27. The minimum Gasteiger partial charge on any atom is -0.494 e. The Kier molecular flexibility index (Phi) is 4.39. The predicted molar refractivity (Wildman–Crippen MR) is 75.5 cm³/mol. The lowest BCUT2D eigenvalue weighted by molar-refractivity contribution is -0.140. The van der Waals surface area contributed by atoms with Crippen LogP contribution in [0.4, 0.5) is 0 Å². The molecule has 0 saturated heterocycles. The molecule has 3 heteroatoms. The molecule has 2 aromatic carbocycles. The predicted octanol–water partition coefficient (Wildman–Crippen LogP) is 3.34. The molecule has 0 N–H and O–H groups in total. The van der Waals surface area contributed by atoms with Gasteiger partial charge in [0.1, 0.15) is 5.75 Å². The average molecular weight is 258 g/mol. The second kappa shape index (κ2) is 6.23. The Morgan fingerprint density at radius 2 is 1.95 bits per heavy atom. The number of esters is 1. The fraction of sp³-hybridized carbons (Fsp3) is 0.312. The average Bonchev–Trinajstić information content (AvgIpc) is 2.45. The van der Waals surface area contributed by atoms with Crippen LogP contribution in [0.25, 0.3) is 10.8 Å². The Bertz CT molecular complexity index is 575.